The first-order chi connectivity index (χ1) is 17.0. The van der Waals surface area contributed by atoms with Crippen LogP contribution in [0.4, 0.5) is 5.69 Å². The Kier molecular flexibility index (Phi) is 5.39. The Balaban J connectivity index is 1.52. The topological polar surface area (TPSA) is 51.6 Å². The number of aromatic nitrogens is 2. The summed E-state index contributed by atoms with van der Waals surface area (Å²) in [6.45, 7) is 4.45. The number of hydrogen-bond acceptors (Lipinski definition) is 4. The normalized spacial score (nSPS) is 18.7. The van der Waals surface area contributed by atoms with Crippen molar-refractivity contribution in [2.24, 2.45) is 0 Å². The molecule has 2 atom stereocenters. The molecule has 35 heavy (non-hydrogen) atoms. The van der Waals surface area contributed by atoms with E-state index >= 15 is 0 Å². The number of halogens is 1. The van der Waals surface area contributed by atoms with Crippen LogP contribution in [0.2, 0.25) is 5.02 Å². The highest BCUT2D eigenvalue weighted by molar-refractivity contribution is 7.80. The summed E-state index contributed by atoms with van der Waals surface area (Å²) < 4.78 is 13.4. The van der Waals surface area contributed by atoms with Gasteiger partial charge >= 0.3 is 0 Å². The average molecular weight is 503 g/mol. The Morgan fingerprint density at radius 1 is 1.00 bits per heavy atom. The van der Waals surface area contributed by atoms with Crippen LogP contribution in [0.5, 0.6) is 11.5 Å². The van der Waals surface area contributed by atoms with E-state index in [-0.39, 0.29) is 18.9 Å². The van der Waals surface area contributed by atoms with Crippen molar-refractivity contribution in [2.45, 2.75) is 25.9 Å². The maximum absolute atomic E-state index is 6.60. The van der Waals surface area contributed by atoms with E-state index < -0.39 is 0 Å². The first-order valence-electron chi connectivity index (χ1n) is 11.4. The number of anilines is 1. The second kappa shape index (κ2) is 8.59. The fourth-order valence-electron chi connectivity index (χ4n) is 5.07. The molecule has 4 heterocycles. The zero-order valence-corrected chi connectivity index (χ0v) is 20.8. The van der Waals surface area contributed by atoms with Crippen LogP contribution in [0.1, 0.15) is 34.7 Å². The summed E-state index contributed by atoms with van der Waals surface area (Å²) >= 11 is 12.5. The molecule has 4 aromatic rings. The number of rotatable bonds is 4. The Hall–Kier alpha value is -3.55. The quantitative estimate of drug-likeness (QED) is 0.343. The predicted octanol–water partition coefficient (Wildman–Crippen LogP) is 6.05. The highest BCUT2D eigenvalue weighted by atomic mass is 35.5. The van der Waals surface area contributed by atoms with E-state index in [0.29, 0.717) is 15.9 Å². The number of nitrogens with zero attached hydrogens (tertiary/aromatic N) is 3. The van der Waals surface area contributed by atoms with Crippen LogP contribution in [-0.4, -0.2) is 21.5 Å². The number of aryl methyl sites for hydroxylation is 1. The molecular formula is C27H23ClN4O2S. The molecular weight excluding hydrogens is 480 g/mol. The van der Waals surface area contributed by atoms with Gasteiger partial charge in [0.1, 0.15) is 0 Å². The van der Waals surface area contributed by atoms with Crippen LogP contribution in [0, 0.1) is 13.8 Å². The molecule has 1 saturated heterocycles. The van der Waals surface area contributed by atoms with E-state index in [9.17, 15) is 0 Å². The zero-order valence-electron chi connectivity index (χ0n) is 19.2. The number of thiocarbonyl (C=S) groups is 1. The van der Waals surface area contributed by atoms with Gasteiger partial charge in [0.25, 0.3) is 0 Å². The van der Waals surface area contributed by atoms with Crippen LogP contribution in [-0.2, 0) is 0 Å². The van der Waals surface area contributed by atoms with E-state index in [0.717, 1.165) is 39.8 Å². The molecule has 0 spiro atoms. The highest BCUT2D eigenvalue weighted by Gasteiger charge is 2.42. The first-order valence-corrected chi connectivity index (χ1v) is 12.2. The summed E-state index contributed by atoms with van der Waals surface area (Å²) in [7, 11) is 0. The molecule has 0 aliphatic carbocycles. The van der Waals surface area contributed by atoms with Gasteiger partial charge in [-0.25, -0.2) is 0 Å². The van der Waals surface area contributed by atoms with Crippen molar-refractivity contribution in [1.82, 2.24) is 14.9 Å². The van der Waals surface area contributed by atoms with Gasteiger partial charge in [-0.1, -0.05) is 29.8 Å². The van der Waals surface area contributed by atoms with Crippen molar-refractivity contribution in [3.05, 3.63) is 101 Å². The Bertz CT molecular complexity index is 1440. The van der Waals surface area contributed by atoms with Crippen LogP contribution in [0.3, 0.4) is 0 Å². The fraction of sp³-hybridized carbons (Fsp3) is 0.185. The number of ether oxygens (including phenoxy) is 2. The van der Waals surface area contributed by atoms with E-state index in [1.54, 1.807) is 0 Å². The third-order valence-corrected chi connectivity index (χ3v) is 7.25. The number of pyridine rings is 1. The first kappa shape index (κ1) is 21.9. The second-order valence-corrected chi connectivity index (χ2v) is 9.44. The number of hydrogen-bond donors (Lipinski definition) is 1. The van der Waals surface area contributed by atoms with Gasteiger partial charge in [-0.05, 0) is 74.1 Å². The molecule has 0 radical (unpaired) electrons. The lowest BCUT2D eigenvalue weighted by molar-refractivity contribution is 0.174. The molecule has 2 aliphatic rings. The van der Waals surface area contributed by atoms with Crippen LogP contribution in [0.25, 0.3) is 5.69 Å². The van der Waals surface area contributed by atoms with Crippen molar-refractivity contribution in [1.29, 1.82) is 0 Å². The zero-order chi connectivity index (χ0) is 24.1. The van der Waals surface area contributed by atoms with E-state index in [2.05, 4.69) is 39.7 Å². The number of benzene rings is 2. The van der Waals surface area contributed by atoms with Crippen molar-refractivity contribution in [3.63, 3.8) is 0 Å². The second-order valence-electron chi connectivity index (χ2n) is 8.65. The minimum atomic E-state index is -0.144. The smallest absolute Gasteiger partial charge is 0.231 e. The number of para-hydroxylation sites is 1. The molecule has 0 saturated carbocycles. The van der Waals surface area contributed by atoms with Gasteiger partial charge in [0.05, 0.1) is 28.5 Å². The van der Waals surface area contributed by atoms with E-state index in [1.807, 2.05) is 66.9 Å². The minimum Gasteiger partial charge on any atom is -0.454 e. The molecule has 6 rings (SSSR count). The summed E-state index contributed by atoms with van der Waals surface area (Å²) in [5.74, 6) is 1.45. The number of nitrogens with one attached hydrogen (secondary N) is 1. The van der Waals surface area contributed by atoms with Gasteiger partial charge in [0.2, 0.25) is 6.79 Å². The molecule has 176 valence electrons. The van der Waals surface area contributed by atoms with Crippen molar-refractivity contribution in [2.75, 3.05) is 11.7 Å². The average Bonchev–Trinajstić information content (AvgIpc) is 3.55. The van der Waals surface area contributed by atoms with Gasteiger partial charge in [-0.3, -0.25) is 4.98 Å². The summed E-state index contributed by atoms with van der Waals surface area (Å²) in [4.78, 5) is 6.81. The predicted molar refractivity (Wildman–Crippen MR) is 141 cm³/mol. The van der Waals surface area contributed by atoms with E-state index in [1.165, 1.54) is 0 Å². The van der Waals surface area contributed by atoms with Crippen molar-refractivity contribution >= 4 is 34.6 Å². The molecule has 1 N–H and O–H groups in total. The van der Waals surface area contributed by atoms with Crippen molar-refractivity contribution < 1.29 is 9.47 Å². The van der Waals surface area contributed by atoms with E-state index in [4.69, 9.17) is 33.3 Å². The van der Waals surface area contributed by atoms with Gasteiger partial charge in [0.15, 0.2) is 16.6 Å². The van der Waals surface area contributed by atoms with Crippen LogP contribution in [0.15, 0.2) is 72.9 Å². The molecule has 0 amide bonds. The molecule has 8 heteroatoms. The molecule has 0 bridgehead atoms. The minimum absolute atomic E-state index is 0.139. The van der Waals surface area contributed by atoms with Crippen molar-refractivity contribution in [3.8, 4) is 17.2 Å². The maximum atomic E-state index is 6.60. The van der Waals surface area contributed by atoms with Gasteiger partial charge in [-0.15, -0.1) is 0 Å². The van der Waals surface area contributed by atoms with Gasteiger partial charge in [-0.2, -0.15) is 0 Å². The lowest BCUT2D eigenvalue weighted by Crippen LogP contribution is -2.29. The molecule has 2 aromatic carbocycles. The van der Waals surface area contributed by atoms with Gasteiger partial charge < -0.3 is 24.3 Å². The standard InChI is InChI=1S/C27H23ClN4O2S/c1-16-13-19(17(2)31(16)22-9-4-3-7-20(22)28)26-25(21-8-5-6-12-29-21)30-27(35)32(26)18-10-11-23-24(14-18)34-15-33-23/h3-14,25-26H,15H2,1-2H3,(H,30,35). The monoisotopic (exact) mass is 502 g/mol. The summed E-state index contributed by atoms with van der Waals surface area (Å²) in [5.41, 5.74) is 6.13. The van der Waals surface area contributed by atoms with Gasteiger partial charge in [0, 0.05) is 29.3 Å². The summed E-state index contributed by atoms with van der Waals surface area (Å²) in [5, 5.41) is 4.86. The third-order valence-electron chi connectivity index (χ3n) is 6.61. The molecule has 2 unspecified atom stereocenters. The third kappa shape index (κ3) is 3.63. The molecule has 1 fully saturated rings. The Morgan fingerprint density at radius 3 is 2.60 bits per heavy atom. The van der Waals surface area contributed by atoms with Crippen LogP contribution < -0.4 is 19.7 Å². The maximum Gasteiger partial charge on any atom is 0.231 e. The molecule has 2 aliphatic heterocycles. The fourth-order valence-corrected chi connectivity index (χ4v) is 5.64. The lowest BCUT2D eigenvalue weighted by Gasteiger charge is -2.28. The summed E-state index contributed by atoms with van der Waals surface area (Å²) in [6.07, 6.45) is 1.81. The highest BCUT2D eigenvalue weighted by Crippen LogP contribution is 2.46. The Morgan fingerprint density at radius 2 is 1.80 bits per heavy atom. The Labute approximate surface area is 214 Å². The lowest BCUT2D eigenvalue weighted by atomic mass is 9.96. The largest absolute Gasteiger partial charge is 0.454 e. The molecule has 6 nitrogen and oxygen atoms in total. The molecule has 2 aromatic heterocycles. The number of fused-ring (bicyclic) bond motifs is 1. The SMILES string of the molecule is Cc1cc(C2C(c3ccccn3)NC(=S)N2c2ccc3c(c2)OCO3)c(C)n1-c1ccccc1Cl. The van der Waals surface area contributed by atoms with Crippen LogP contribution >= 0.6 is 23.8 Å². The summed E-state index contributed by atoms with van der Waals surface area (Å²) in [6, 6.07) is 21.7.